The highest BCUT2D eigenvalue weighted by molar-refractivity contribution is 6.60. The summed E-state index contributed by atoms with van der Waals surface area (Å²) in [5, 5.41) is 0. The topological polar surface area (TPSA) is 115 Å². The van der Waals surface area contributed by atoms with E-state index in [2.05, 4.69) is 0 Å². The van der Waals surface area contributed by atoms with Crippen LogP contribution in [0.25, 0.3) is 0 Å². The molecular formula is C12H23N3O6Si. The van der Waals surface area contributed by atoms with E-state index in [9.17, 15) is 14.4 Å². The highest BCUT2D eigenvalue weighted by Gasteiger charge is 2.39. The summed E-state index contributed by atoms with van der Waals surface area (Å²) in [6.45, 7) is 7.11. The molecule has 0 fully saturated rings. The van der Waals surface area contributed by atoms with Crippen LogP contribution in [0.2, 0.25) is 6.04 Å². The molecule has 0 saturated heterocycles. The lowest BCUT2D eigenvalue weighted by Crippen LogP contribution is -2.47. The molecule has 0 bridgehead atoms. The van der Waals surface area contributed by atoms with E-state index in [1.807, 2.05) is 30.7 Å². The van der Waals surface area contributed by atoms with Crippen LogP contribution in [-0.2, 0) is 19.8 Å². The summed E-state index contributed by atoms with van der Waals surface area (Å²) in [4.78, 5) is 38.2. The molecule has 9 nitrogen and oxygen atoms in total. The van der Waals surface area contributed by atoms with Crippen molar-refractivity contribution < 1.29 is 13.3 Å². The molecule has 1 aromatic rings. The first kappa shape index (κ1) is 18.6. The third-order valence-corrected chi connectivity index (χ3v) is 6.04. The van der Waals surface area contributed by atoms with Crippen LogP contribution in [0.15, 0.2) is 14.4 Å². The van der Waals surface area contributed by atoms with Crippen molar-refractivity contribution in [2.24, 2.45) is 0 Å². The van der Waals surface area contributed by atoms with Crippen molar-refractivity contribution in [1.82, 2.24) is 14.5 Å². The number of nitrogens with one attached hydrogen (secondary N) is 2. The Labute approximate surface area is 128 Å². The molecule has 1 aromatic heterocycles. The van der Waals surface area contributed by atoms with Crippen molar-refractivity contribution in [3.63, 3.8) is 0 Å². The molecule has 0 aliphatic carbocycles. The molecular weight excluding hydrogens is 310 g/mol. The molecule has 2 N–H and O–H groups in total. The van der Waals surface area contributed by atoms with E-state index in [4.69, 9.17) is 13.3 Å². The number of hydrogen-bond acceptors (Lipinski definition) is 6. The molecule has 0 saturated carbocycles. The fourth-order valence-corrected chi connectivity index (χ4v) is 4.70. The van der Waals surface area contributed by atoms with Gasteiger partial charge in [0.2, 0.25) is 0 Å². The molecule has 0 amide bonds. The largest absolute Gasteiger partial charge is 0.500 e. The Morgan fingerprint density at radius 3 is 1.77 bits per heavy atom. The summed E-state index contributed by atoms with van der Waals surface area (Å²) in [5.41, 5.74) is -2.27. The van der Waals surface area contributed by atoms with Crippen molar-refractivity contribution in [3.8, 4) is 0 Å². The van der Waals surface area contributed by atoms with Crippen molar-refractivity contribution in [3.05, 3.63) is 31.5 Å². The lowest BCUT2D eigenvalue weighted by atomic mass is 10.5. The molecule has 0 radical (unpaired) electrons. The van der Waals surface area contributed by atoms with E-state index < -0.39 is 25.9 Å². The zero-order valence-electron chi connectivity index (χ0n) is 13.1. The number of hydrogen-bond donors (Lipinski definition) is 2. The molecule has 0 spiro atoms. The quantitative estimate of drug-likeness (QED) is 0.566. The first-order valence-corrected chi connectivity index (χ1v) is 9.26. The van der Waals surface area contributed by atoms with Crippen LogP contribution in [0.3, 0.4) is 0 Å². The Morgan fingerprint density at radius 1 is 0.909 bits per heavy atom. The van der Waals surface area contributed by atoms with Gasteiger partial charge in [0.25, 0.3) is 0 Å². The Morgan fingerprint density at radius 2 is 1.36 bits per heavy atom. The van der Waals surface area contributed by atoms with Gasteiger partial charge in [0, 0.05) is 32.4 Å². The number of rotatable bonds is 10. The van der Waals surface area contributed by atoms with Gasteiger partial charge in [-0.2, -0.15) is 0 Å². The Hall–Kier alpha value is -1.49. The molecule has 0 aliphatic heterocycles. The molecule has 1 rings (SSSR count). The van der Waals surface area contributed by atoms with Gasteiger partial charge in [-0.25, -0.2) is 19.0 Å². The van der Waals surface area contributed by atoms with Crippen molar-refractivity contribution in [1.29, 1.82) is 0 Å². The second-order valence-corrected chi connectivity index (χ2v) is 7.16. The van der Waals surface area contributed by atoms with Gasteiger partial charge in [-0.1, -0.05) is 0 Å². The van der Waals surface area contributed by atoms with Crippen molar-refractivity contribution >= 4 is 8.80 Å². The van der Waals surface area contributed by atoms with E-state index in [1.54, 1.807) is 0 Å². The van der Waals surface area contributed by atoms with Gasteiger partial charge in [-0.3, -0.25) is 9.97 Å². The van der Waals surface area contributed by atoms with Gasteiger partial charge in [0.05, 0.1) is 0 Å². The van der Waals surface area contributed by atoms with E-state index >= 15 is 0 Å². The van der Waals surface area contributed by atoms with Gasteiger partial charge in [-0.15, -0.1) is 0 Å². The monoisotopic (exact) mass is 333 g/mol. The Kier molecular flexibility index (Phi) is 7.45. The molecule has 10 heteroatoms. The normalized spacial score (nSPS) is 11.8. The SMILES string of the molecule is CCO[Si](CCCn1c(=O)[nH]c(=O)[nH]c1=O)(OCC)OCC. The van der Waals surface area contributed by atoms with Crippen molar-refractivity contribution in [2.45, 2.75) is 39.8 Å². The summed E-state index contributed by atoms with van der Waals surface area (Å²) < 4.78 is 18.0. The summed E-state index contributed by atoms with van der Waals surface area (Å²) >= 11 is 0. The Bertz CT molecular complexity index is 571. The van der Waals surface area contributed by atoms with Crippen LogP contribution < -0.4 is 17.1 Å². The van der Waals surface area contributed by atoms with E-state index in [0.717, 1.165) is 4.57 Å². The summed E-state index contributed by atoms with van der Waals surface area (Å²) in [6, 6.07) is 0.480. The second kappa shape index (κ2) is 8.83. The Balaban J connectivity index is 2.80. The summed E-state index contributed by atoms with van der Waals surface area (Å²) in [6.07, 6.45) is 0.460. The lowest BCUT2D eigenvalue weighted by molar-refractivity contribution is 0.0704. The van der Waals surface area contributed by atoms with Crippen LogP contribution >= 0.6 is 0 Å². The maximum absolute atomic E-state index is 11.6. The standard InChI is InChI=1S/C12H23N3O6Si/c1-4-19-22(20-5-2,21-6-3)9-7-8-15-11(17)13-10(16)14-12(15)18/h4-9H2,1-3H3,(H2,13,14,16,17,18). The fraction of sp³-hybridized carbons (Fsp3) is 0.750. The average molecular weight is 333 g/mol. The third kappa shape index (κ3) is 5.05. The van der Waals surface area contributed by atoms with Crippen LogP contribution in [-0.4, -0.2) is 43.2 Å². The minimum Gasteiger partial charge on any atom is -0.374 e. The van der Waals surface area contributed by atoms with Crippen LogP contribution in [0.4, 0.5) is 0 Å². The van der Waals surface area contributed by atoms with E-state index in [-0.39, 0.29) is 6.54 Å². The van der Waals surface area contributed by atoms with Gasteiger partial charge < -0.3 is 13.3 Å². The first-order chi connectivity index (χ1) is 10.5. The molecule has 22 heavy (non-hydrogen) atoms. The van der Waals surface area contributed by atoms with E-state index in [1.165, 1.54) is 0 Å². The number of nitrogens with zero attached hydrogens (tertiary/aromatic N) is 1. The maximum atomic E-state index is 11.6. The number of H-pyrrole nitrogens is 2. The smallest absolute Gasteiger partial charge is 0.374 e. The second-order valence-electron chi connectivity index (χ2n) is 4.43. The number of aromatic amines is 2. The molecule has 0 unspecified atom stereocenters. The summed E-state index contributed by atoms with van der Waals surface area (Å²) in [5.74, 6) is 0. The molecule has 126 valence electrons. The summed E-state index contributed by atoms with van der Waals surface area (Å²) in [7, 11) is -2.79. The average Bonchev–Trinajstić information content (AvgIpc) is 2.42. The third-order valence-electron chi connectivity index (χ3n) is 2.89. The molecule has 0 aromatic carbocycles. The molecule has 0 aliphatic rings. The highest BCUT2D eigenvalue weighted by atomic mass is 28.4. The van der Waals surface area contributed by atoms with Gasteiger partial charge in [-0.05, 0) is 27.2 Å². The van der Waals surface area contributed by atoms with Crippen molar-refractivity contribution in [2.75, 3.05) is 19.8 Å². The van der Waals surface area contributed by atoms with Gasteiger partial charge in [0.15, 0.2) is 0 Å². The van der Waals surface area contributed by atoms with Crippen LogP contribution in [0, 0.1) is 0 Å². The van der Waals surface area contributed by atoms with Gasteiger partial charge >= 0.3 is 25.9 Å². The predicted molar refractivity (Wildman–Crippen MR) is 82.0 cm³/mol. The first-order valence-electron chi connectivity index (χ1n) is 7.33. The zero-order chi connectivity index (χ0) is 16.6. The fourth-order valence-electron chi connectivity index (χ4n) is 2.11. The maximum Gasteiger partial charge on any atom is 0.500 e. The molecule has 0 atom stereocenters. The van der Waals surface area contributed by atoms with Gasteiger partial charge in [0.1, 0.15) is 0 Å². The molecule has 1 heterocycles. The highest BCUT2D eigenvalue weighted by Crippen LogP contribution is 2.18. The predicted octanol–water partition coefficient (Wildman–Crippen LogP) is -0.337. The van der Waals surface area contributed by atoms with E-state index in [0.29, 0.717) is 32.3 Å². The lowest BCUT2D eigenvalue weighted by Gasteiger charge is -2.28. The number of aromatic nitrogens is 3. The minimum atomic E-state index is -2.79. The zero-order valence-corrected chi connectivity index (χ0v) is 14.1. The van der Waals surface area contributed by atoms with Crippen LogP contribution in [0.5, 0.6) is 0 Å². The van der Waals surface area contributed by atoms with Crippen LogP contribution in [0.1, 0.15) is 27.2 Å². The minimum absolute atomic E-state index is 0.146.